The highest BCUT2D eigenvalue weighted by Crippen LogP contribution is 2.28. The molecule has 0 fully saturated rings. The fourth-order valence-corrected chi connectivity index (χ4v) is 1.73. The lowest BCUT2D eigenvalue weighted by molar-refractivity contribution is 0.0697. The van der Waals surface area contributed by atoms with Crippen LogP contribution in [0.2, 0.25) is 10.0 Å². The van der Waals surface area contributed by atoms with Crippen LogP contribution >= 0.6 is 23.2 Å². The predicted molar refractivity (Wildman–Crippen MR) is 52.5 cm³/mol. The van der Waals surface area contributed by atoms with Crippen LogP contribution in [0.4, 0.5) is 0 Å². The second kappa shape index (κ2) is 4.27. The van der Waals surface area contributed by atoms with Crippen LogP contribution in [0, 0.1) is 0 Å². The molecule has 0 saturated carbocycles. The molecule has 0 radical (unpaired) electrons. The zero-order valence-corrected chi connectivity index (χ0v) is 8.86. The molecule has 2 N–H and O–H groups in total. The minimum atomic E-state index is -2.28. The molecular weight excluding hydrogens is 251 g/mol. The van der Waals surface area contributed by atoms with Gasteiger partial charge < -0.3 is 9.66 Å². The van der Waals surface area contributed by atoms with Gasteiger partial charge in [-0.15, -0.1) is 0 Å². The molecule has 0 saturated heterocycles. The van der Waals surface area contributed by atoms with Gasteiger partial charge in [-0.25, -0.2) is 9.00 Å². The minimum Gasteiger partial charge on any atom is -0.478 e. The highest BCUT2D eigenvalue weighted by atomic mass is 35.5. The van der Waals surface area contributed by atoms with Crippen LogP contribution in [0.15, 0.2) is 17.0 Å². The molecule has 0 aromatic heterocycles. The number of aromatic carboxylic acids is 1. The van der Waals surface area contributed by atoms with E-state index in [0.717, 1.165) is 12.1 Å². The maximum Gasteiger partial charge on any atom is 0.337 e. The van der Waals surface area contributed by atoms with Crippen LogP contribution in [0.5, 0.6) is 0 Å². The molecule has 0 bridgehead atoms. The standard InChI is InChI=1S/C7H4Cl2O4S/c8-5-2-3(14(12)13)1-4(6(5)9)7(10)11/h1-2H,(H,10,11)(H,12,13). The summed E-state index contributed by atoms with van der Waals surface area (Å²) < 4.78 is 19.4. The smallest absolute Gasteiger partial charge is 0.337 e. The molecule has 0 spiro atoms. The zero-order chi connectivity index (χ0) is 10.9. The van der Waals surface area contributed by atoms with E-state index in [1.165, 1.54) is 0 Å². The molecule has 0 aliphatic heterocycles. The molecule has 0 aliphatic carbocycles. The fraction of sp³-hybridized carbons (Fsp3) is 0. The van der Waals surface area contributed by atoms with Crippen molar-refractivity contribution >= 4 is 40.3 Å². The summed E-state index contributed by atoms with van der Waals surface area (Å²) in [6.45, 7) is 0. The molecule has 1 atom stereocenters. The van der Waals surface area contributed by atoms with Crippen molar-refractivity contribution in [3.8, 4) is 0 Å². The lowest BCUT2D eigenvalue weighted by atomic mass is 10.2. The van der Waals surface area contributed by atoms with Gasteiger partial charge in [0.05, 0.1) is 20.5 Å². The van der Waals surface area contributed by atoms with Crippen molar-refractivity contribution in [1.29, 1.82) is 0 Å². The number of carboxylic acids is 1. The van der Waals surface area contributed by atoms with Crippen molar-refractivity contribution in [2.24, 2.45) is 0 Å². The van der Waals surface area contributed by atoms with Gasteiger partial charge >= 0.3 is 5.97 Å². The fourth-order valence-electron chi connectivity index (χ4n) is 0.821. The summed E-state index contributed by atoms with van der Waals surface area (Å²) >= 11 is 8.86. The summed E-state index contributed by atoms with van der Waals surface area (Å²) in [5.41, 5.74) is -0.295. The van der Waals surface area contributed by atoms with E-state index < -0.39 is 17.0 Å². The highest BCUT2D eigenvalue weighted by molar-refractivity contribution is 7.79. The van der Waals surface area contributed by atoms with Crippen molar-refractivity contribution in [3.63, 3.8) is 0 Å². The van der Waals surface area contributed by atoms with Crippen molar-refractivity contribution in [2.75, 3.05) is 0 Å². The molecule has 1 unspecified atom stereocenters. The van der Waals surface area contributed by atoms with Crippen molar-refractivity contribution in [3.05, 3.63) is 27.7 Å². The van der Waals surface area contributed by atoms with E-state index in [-0.39, 0.29) is 20.5 Å². The molecular formula is C7H4Cl2O4S. The molecule has 1 aromatic rings. The first-order valence-corrected chi connectivity index (χ1v) is 5.13. The Morgan fingerprint density at radius 2 is 1.93 bits per heavy atom. The lowest BCUT2D eigenvalue weighted by Gasteiger charge is -2.03. The number of rotatable bonds is 2. The second-order valence-electron chi connectivity index (χ2n) is 2.32. The molecule has 76 valence electrons. The van der Waals surface area contributed by atoms with Crippen molar-refractivity contribution in [2.45, 2.75) is 4.90 Å². The third-order valence-electron chi connectivity index (χ3n) is 1.43. The monoisotopic (exact) mass is 254 g/mol. The lowest BCUT2D eigenvalue weighted by Crippen LogP contribution is -2.00. The van der Waals surface area contributed by atoms with Crippen LogP contribution in [0.1, 0.15) is 10.4 Å². The minimum absolute atomic E-state index is 0.0658. The first kappa shape index (κ1) is 11.5. The highest BCUT2D eigenvalue weighted by Gasteiger charge is 2.15. The summed E-state index contributed by atoms with van der Waals surface area (Å²) in [6.07, 6.45) is 0. The maximum absolute atomic E-state index is 10.7. The van der Waals surface area contributed by atoms with Gasteiger partial charge in [0, 0.05) is 0 Å². The Kier molecular flexibility index (Phi) is 3.49. The van der Waals surface area contributed by atoms with E-state index in [0.29, 0.717) is 0 Å². The Labute approximate surface area is 91.7 Å². The number of hydrogen-bond acceptors (Lipinski definition) is 2. The van der Waals surface area contributed by atoms with Crippen LogP contribution in [-0.4, -0.2) is 19.8 Å². The number of hydrogen-bond donors (Lipinski definition) is 2. The first-order chi connectivity index (χ1) is 6.43. The third kappa shape index (κ3) is 2.24. The van der Waals surface area contributed by atoms with Gasteiger partial charge in [-0.05, 0) is 12.1 Å². The van der Waals surface area contributed by atoms with E-state index in [4.69, 9.17) is 32.9 Å². The van der Waals surface area contributed by atoms with Gasteiger partial charge in [-0.2, -0.15) is 0 Å². The Morgan fingerprint density at radius 1 is 1.36 bits per heavy atom. The Balaban J connectivity index is 3.43. The maximum atomic E-state index is 10.7. The zero-order valence-electron chi connectivity index (χ0n) is 6.53. The summed E-state index contributed by atoms with van der Waals surface area (Å²) in [4.78, 5) is 10.5. The Morgan fingerprint density at radius 3 is 2.36 bits per heavy atom. The SMILES string of the molecule is O=C(O)c1cc(S(=O)O)cc(Cl)c1Cl. The molecule has 0 heterocycles. The number of halogens is 2. The van der Waals surface area contributed by atoms with E-state index in [1.807, 2.05) is 0 Å². The molecule has 1 aromatic carbocycles. The largest absolute Gasteiger partial charge is 0.478 e. The van der Waals surface area contributed by atoms with Gasteiger partial charge in [-0.1, -0.05) is 23.2 Å². The molecule has 1 rings (SSSR count). The number of benzene rings is 1. The van der Waals surface area contributed by atoms with Gasteiger partial charge in [0.1, 0.15) is 0 Å². The molecule has 4 nitrogen and oxygen atoms in total. The average molecular weight is 255 g/mol. The second-order valence-corrected chi connectivity index (χ2v) is 4.08. The molecule has 0 aliphatic rings. The summed E-state index contributed by atoms with van der Waals surface area (Å²) in [5, 5.41) is 8.46. The summed E-state index contributed by atoms with van der Waals surface area (Å²) in [7, 11) is 0. The number of carboxylic acid groups (broad SMARTS) is 1. The quantitative estimate of drug-likeness (QED) is 0.795. The topological polar surface area (TPSA) is 74.6 Å². The summed E-state index contributed by atoms with van der Waals surface area (Å²) in [5.74, 6) is -1.30. The predicted octanol–water partition coefficient (Wildman–Crippen LogP) is 2.27. The van der Waals surface area contributed by atoms with Crippen LogP contribution in [-0.2, 0) is 11.1 Å². The van der Waals surface area contributed by atoms with E-state index in [9.17, 15) is 9.00 Å². The molecule has 0 amide bonds. The Bertz CT molecular complexity index is 418. The van der Waals surface area contributed by atoms with Gasteiger partial charge in [0.2, 0.25) is 0 Å². The van der Waals surface area contributed by atoms with E-state index in [2.05, 4.69) is 0 Å². The molecule has 14 heavy (non-hydrogen) atoms. The number of carbonyl (C=O) groups is 1. The van der Waals surface area contributed by atoms with Gasteiger partial charge in [0.15, 0.2) is 11.1 Å². The third-order valence-corrected chi connectivity index (χ3v) is 2.87. The van der Waals surface area contributed by atoms with Gasteiger partial charge in [-0.3, -0.25) is 0 Å². The van der Waals surface area contributed by atoms with Crippen LogP contribution in [0.3, 0.4) is 0 Å². The van der Waals surface area contributed by atoms with Crippen molar-refractivity contribution in [1.82, 2.24) is 0 Å². The van der Waals surface area contributed by atoms with Crippen LogP contribution in [0.25, 0.3) is 0 Å². The Hall–Kier alpha value is -0.620. The van der Waals surface area contributed by atoms with E-state index >= 15 is 0 Å². The van der Waals surface area contributed by atoms with E-state index in [1.54, 1.807) is 0 Å². The normalized spacial score (nSPS) is 12.5. The van der Waals surface area contributed by atoms with Crippen molar-refractivity contribution < 1.29 is 18.7 Å². The summed E-state index contributed by atoms with van der Waals surface area (Å²) in [6, 6.07) is 2.15. The average Bonchev–Trinajstić information content (AvgIpc) is 2.08. The first-order valence-electron chi connectivity index (χ1n) is 3.26. The molecule has 7 heteroatoms. The van der Waals surface area contributed by atoms with Gasteiger partial charge in [0.25, 0.3) is 0 Å². The van der Waals surface area contributed by atoms with Crippen LogP contribution < -0.4 is 0 Å².